The number of nitrogens with one attached hydrogen (secondary N) is 1. The molecule has 1 aromatic rings. The molecule has 106 valence electrons. The van der Waals surface area contributed by atoms with E-state index in [-0.39, 0.29) is 18.4 Å². The molecule has 6 nitrogen and oxygen atoms in total. The van der Waals surface area contributed by atoms with E-state index in [1.165, 1.54) is 6.33 Å². The van der Waals surface area contributed by atoms with Gasteiger partial charge in [-0.3, -0.25) is 9.69 Å². The van der Waals surface area contributed by atoms with Gasteiger partial charge in [-0.1, -0.05) is 0 Å². The number of carbonyl (C=O) groups excluding carboxylic acids is 1. The van der Waals surface area contributed by atoms with Gasteiger partial charge >= 0.3 is 0 Å². The van der Waals surface area contributed by atoms with E-state index in [1.54, 1.807) is 12.4 Å². The zero-order chi connectivity index (χ0) is 12.8. The van der Waals surface area contributed by atoms with Gasteiger partial charge in [-0.25, -0.2) is 9.97 Å². The molecule has 1 aliphatic heterocycles. The number of aromatic nitrogens is 2. The van der Waals surface area contributed by atoms with Crippen LogP contribution in [0.5, 0.6) is 0 Å². The predicted molar refractivity (Wildman–Crippen MR) is 73.1 cm³/mol. The Morgan fingerprint density at radius 2 is 2.32 bits per heavy atom. The van der Waals surface area contributed by atoms with Crippen LogP contribution in [0.2, 0.25) is 0 Å². The smallest absolute Gasteiger partial charge is 0.293 e. The first-order valence-corrected chi connectivity index (χ1v) is 6.09. The molecule has 0 aliphatic carbocycles. The quantitative estimate of drug-likeness (QED) is 0.791. The van der Waals surface area contributed by atoms with Gasteiger partial charge in [0.15, 0.2) is 0 Å². The van der Waals surface area contributed by atoms with Crippen molar-refractivity contribution < 1.29 is 9.53 Å². The summed E-state index contributed by atoms with van der Waals surface area (Å²) in [6.07, 6.45) is 5.05. The van der Waals surface area contributed by atoms with Crippen LogP contribution in [0.15, 0.2) is 18.7 Å². The van der Waals surface area contributed by atoms with Crippen molar-refractivity contribution in [1.29, 1.82) is 0 Å². The zero-order valence-electron chi connectivity index (χ0n) is 10.9. The minimum absolute atomic E-state index is 0. The first-order valence-electron chi connectivity index (χ1n) is 6.09. The molecule has 2 atom stereocenters. The van der Waals surface area contributed by atoms with E-state index in [9.17, 15) is 4.79 Å². The van der Waals surface area contributed by atoms with E-state index < -0.39 is 0 Å². The maximum absolute atomic E-state index is 10.4. The Hall–Kier alpha value is -1.24. The maximum atomic E-state index is 10.4. The molecule has 2 heterocycles. The molecule has 7 heteroatoms. The number of carbonyl (C=O) groups is 1. The third-order valence-corrected chi connectivity index (χ3v) is 3.13. The standard InChI is InChI=1S/C12H18N4O2.ClH/c1-10-6-16(3-2-15-10)12(7-18-9-17)11-4-13-8-14-5-11;/h4-5,8-10,12,15H,2-3,6-7H2,1H3;1H. The molecule has 0 saturated carbocycles. The average molecular weight is 287 g/mol. The second-order valence-electron chi connectivity index (χ2n) is 4.47. The number of rotatable bonds is 5. The van der Waals surface area contributed by atoms with Gasteiger partial charge in [-0.2, -0.15) is 0 Å². The molecule has 1 N–H and O–H groups in total. The van der Waals surface area contributed by atoms with Crippen LogP contribution >= 0.6 is 12.4 Å². The summed E-state index contributed by atoms with van der Waals surface area (Å²) in [4.78, 5) is 20.8. The van der Waals surface area contributed by atoms with Crippen LogP contribution in [0, 0.1) is 0 Å². The first-order chi connectivity index (χ1) is 8.81. The molecule has 19 heavy (non-hydrogen) atoms. The van der Waals surface area contributed by atoms with Crippen LogP contribution in [0.4, 0.5) is 0 Å². The fraction of sp³-hybridized carbons (Fsp3) is 0.583. The lowest BCUT2D eigenvalue weighted by Gasteiger charge is -2.37. The minimum Gasteiger partial charge on any atom is -0.466 e. The Morgan fingerprint density at radius 3 is 2.95 bits per heavy atom. The summed E-state index contributed by atoms with van der Waals surface area (Å²) in [5, 5.41) is 3.39. The lowest BCUT2D eigenvalue weighted by Crippen LogP contribution is -2.51. The average Bonchev–Trinajstić information content (AvgIpc) is 2.40. The van der Waals surface area contributed by atoms with E-state index in [0.717, 1.165) is 25.2 Å². The van der Waals surface area contributed by atoms with E-state index in [0.29, 0.717) is 19.1 Å². The molecule has 2 rings (SSSR count). The zero-order valence-corrected chi connectivity index (χ0v) is 11.7. The van der Waals surface area contributed by atoms with Gasteiger partial charge in [0.05, 0.1) is 6.04 Å². The second-order valence-corrected chi connectivity index (χ2v) is 4.47. The highest BCUT2D eigenvalue weighted by molar-refractivity contribution is 5.85. The Morgan fingerprint density at radius 1 is 1.58 bits per heavy atom. The summed E-state index contributed by atoms with van der Waals surface area (Å²) in [5.41, 5.74) is 0.980. The molecule has 2 unspecified atom stereocenters. The largest absolute Gasteiger partial charge is 0.466 e. The monoisotopic (exact) mass is 286 g/mol. The summed E-state index contributed by atoms with van der Waals surface area (Å²) in [6, 6.07) is 0.461. The van der Waals surface area contributed by atoms with E-state index >= 15 is 0 Å². The van der Waals surface area contributed by atoms with Gasteiger partial charge in [-0.05, 0) is 6.92 Å². The highest BCUT2D eigenvalue weighted by Gasteiger charge is 2.25. The van der Waals surface area contributed by atoms with Gasteiger partial charge in [0.2, 0.25) is 0 Å². The fourth-order valence-electron chi connectivity index (χ4n) is 2.27. The maximum Gasteiger partial charge on any atom is 0.293 e. The van der Waals surface area contributed by atoms with Gasteiger partial charge < -0.3 is 10.1 Å². The van der Waals surface area contributed by atoms with Crippen molar-refractivity contribution in [2.24, 2.45) is 0 Å². The molecule has 0 amide bonds. The summed E-state index contributed by atoms with van der Waals surface area (Å²) < 4.78 is 4.94. The Kier molecular flexibility index (Phi) is 6.69. The van der Waals surface area contributed by atoms with E-state index in [4.69, 9.17) is 4.74 Å². The van der Waals surface area contributed by atoms with Crippen LogP contribution in [0.25, 0.3) is 0 Å². The van der Waals surface area contributed by atoms with Crippen LogP contribution in [-0.2, 0) is 9.53 Å². The molecule has 1 aliphatic rings. The van der Waals surface area contributed by atoms with Crippen LogP contribution in [0.1, 0.15) is 18.5 Å². The van der Waals surface area contributed by atoms with Crippen LogP contribution < -0.4 is 5.32 Å². The van der Waals surface area contributed by atoms with Gasteiger partial charge in [0.25, 0.3) is 6.47 Å². The van der Waals surface area contributed by atoms with E-state index in [2.05, 4.69) is 27.1 Å². The van der Waals surface area contributed by atoms with Crippen molar-refractivity contribution in [3.8, 4) is 0 Å². The molecule has 0 radical (unpaired) electrons. The summed E-state index contributed by atoms with van der Waals surface area (Å²) in [5.74, 6) is 0. The first kappa shape index (κ1) is 15.8. The Labute approximate surface area is 119 Å². The number of hydrogen-bond acceptors (Lipinski definition) is 6. The lowest BCUT2D eigenvalue weighted by atomic mass is 10.1. The molecular formula is C12H19ClN4O2. The van der Waals surface area contributed by atoms with Crippen molar-refractivity contribution in [3.05, 3.63) is 24.3 Å². The number of ether oxygens (including phenoxy) is 1. The van der Waals surface area contributed by atoms with E-state index in [1.807, 2.05) is 0 Å². The van der Waals surface area contributed by atoms with Crippen LogP contribution in [-0.4, -0.2) is 53.6 Å². The molecular weight excluding hydrogens is 268 g/mol. The number of hydrogen-bond donors (Lipinski definition) is 1. The van der Waals surface area contributed by atoms with Crippen molar-refractivity contribution in [1.82, 2.24) is 20.2 Å². The van der Waals surface area contributed by atoms with Crippen molar-refractivity contribution in [3.63, 3.8) is 0 Å². The second kappa shape index (κ2) is 8.04. The highest BCUT2D eigenvalue weighted by atomic mass is 35.5. The molecule has 1 aromatic heterocycles. The third-order valence-electron chi connectivity index (χ3n) is 3.13. The number of halogens is 1. The van der Waals surface area contributed by atoms with Crippen molar-refractivity contribution in [2.45, 2.75) is 19.0 Å². The molecule has 0 spiro atoms. The predicted octanol–water partition coefficient (Wildman–Crippen LogP) is 0.406. The van der Waals surface area contributed by atoms with Gasteiger partial charge in [0, 0.05) is 43.6 Å². The Balaban J connectivity index is 0.00000180. The highest BCUT2D eigenvalue weighted by Crippen LogP contribution is 2.20. The summed E-state index contributed by atoms with van der Waals surface area (Å²) >= 11 is 0. The fourth-order valence-corrected chi connectivity index (χ4v) is 2.27. The normalized spacial score (nSPS) is 21.2. The summed E-state index contributed by atoms with van der Waals surface area (Å²) in [6.45, 7) is 5.75. The number of nitrogens with zero attached hydrogens (tertiary/aromatic N) is 3. The molecule has 1 fully saturated rings. The minimum atomic E-state index is 0. The van der Waals surface area contributed by atoms with Gasteiger partial charge in [-0.15, -0.1) is 12.4 Å². The van der Waals surface area contributed by atoms with Crippen LogP contribution in [0.3, 0.4) is 0 Å². The lowest BCUT2D eigenvalue weighted by molar-refractivity contribution is -0.130. The Bertz CT molecular complexity index is 379. The van der Waals surface area contributed by atoms with Crippen molar-refractivity contribution in [2.75, 3.05) is 26.2 Å². The summed E-state index contributed by atoms with van der Waals surface area (Å²) in [7, 11) is 0. The topological polar surface area (TPSA) is 67.3 Å². The third kappa shape index (κ3) is 4.41. The SMILES string of the molecule is CC1CN(C(COC=O)c2cncnc2)CCN1.Cl. The molecule has 1 saturated heterocycles. The molecule has 0 aromatic carbocycles. The number of piperazine rings is 1. The molecule has 0 bridgehead atoms. The van der Waals surface area contributed by atoms with Crippen molar-refractivity contribution >= 4 is 18.9 Å². The van der Waals surface area contributed by atoms with Gasteiger partial charge in [0.1, 0.15) is 12.9 Å².